The number of carbonyl (C=O) groups is 2. The van der Waals surface area contributed by atoms with Crippen molar-refractivity contribution in [3.05, 3.63) is 0 Å². The quantitative estimate of drug-likeness (QED) is 0.678. The Hall–Kier alpha value is -1.06. The first-order chi connectivity index (χ1) is 7.06. The molecule has 0 aromatic heterocycles. The first kappa shape index (κ1) is 13.9. The predicted octanol–water partition coefficient (Wildman–Crippen LogP) is 1.65. The highest BCUT2D eigenvalue weighted by molar-refractivity contribution is 5.79. The third-order valence-electron chi connectivity index (χ3n) is 2.72. The smallest absolute Gasteiger partial charge is 0.308 e. The third-order valence-corrected chi connectivity index (χ3v) is 2.72. The molecule has 0 saturated heterocycles. The monoisotopic (exact) mass is 215 g/mol. The minimum atomic E-state index is -0.845. The van der Waals surface area contributed by atoms with Crippen molar-refractivity contribution in [1.29, 1.82) is 0 Å². The maximum Gasteiger partial charge on any atom is 0.308 e. The third kappa shape index (κ3) is 4.81. The normalized spacial score (nSPS) is 12.5. The van der Waals surface area contributed by atoms with Gasteiger partial charge in [0, 0.05) is 12.5 Å². The minimum Gasteiger partial charge on any atom is -0.481 e. The van der Waals surface area contributed by atoms with Gasteiger partial charge in [-0.3, -0.25) is 9.59 Å². The van der Waals surface area contributed by atoms with Crippen molar-refractivity contribution in [2.45, 2.75) is 40.0 Å². The Balaban J connectivity index is 4.02. The van der Waals surface area contributed by atoms with Crippen molar-refractivity contribution in [1.82, 2.24) is 5.32 Å². The predicted molar refractivity (Wildman–Crippen MR) is 58.5 cm³/mol. The van der Waals surface area contributed by atoms with Crippen LogP contribution in [0.15, 0.2) is 0 Å². The van der Waals surface area contributed by atoms with Crippen molar-refractivity contribution in [2.24, 2.45) is 11.8 Å². The molecule has 0 spiro atoms. The van der Waals surface area contributed by atoms with Gasteiger partial charge in [0.25, 0.3) is 0 Å². The summed E-state index contributed by atoms with van der Waals surface area (Å²) in [4.78, 5) is 22.2. The van der Waals surface area contributed by atoms with E-state index in [1.165, 1.54) is 0 Å². The average Bonchev–Trinajstić information content (AvgIpc) is 2.20. The molecule has 0 aromatic rings. The SMILES string of the molecule is CCC(CNC(=O)C(CC)CC)C(=O)O. The molecular formula is C11H21NO3. The number of aliphatic carboxylic acids is 1. The van der Waals surface area contributed by atoms with Gasteiger partial charge in [0.15, 0.2) is 0 Å². The summed E-state index contributed by atoms with van der Waals surface area (Å²) < 4.78 is 0. The Kier molecular flexibility index (Phi) is 6.75. The summed E-state index contributed by atoms with van der Waals surface area (Å²) in [6, 6.07) is 0. The standard InChI is InChI=1S/C11H21NO3/c1-4-8(5-2)10(13)12-7-9(6-3)11(14)15/h8-9H,4-7H2,1-3H3,(H,12,13)(H,14,15). The van der Waals surface area contributed by atoms with E-state index in [0.29, 0.717) is 6.42 Å². The molecule has 1 atom stereocenters. The highest BCUT2D eigenvalue weighted by Gasteiger charge is 2.18. The number of carboxylic acids is 1. The second kappa shape index (κ2) is 7.26. The molecule has 0 radical (unpaired) electrons. The molecule has 0 bridgehead atoms. The Morgan fingerprint density at radius 1 is 1.07 bits per heavy atom. The molecule has 88 valence electrons. The van der Waals surface area contributed by atoms with Gasteiger partial charge in [-0.15, -0.1) is 0 Å². The zero-order chi connectivity index (χ0) is 11.8. The largest absolute Gasteiger partial charge is 0.481 e. The van der Waals surface area contributed by atoms with E-state index in [2.05, 4.69) is 5.32 Å². The molecule has 1 unspecified atom stereocenters. The number of nitrogens with one attached hydrogen (secondary N) is 1. The maximum atomic E-state index is 11.5. The van der Waals surface area contributed by atoms with E-state index in [0.717, 1.165) is 12.8 Å². The highest BCUT2D eigenvalue weighted by Crippen LogP contribution is 2.08. The molecule has 4 nitrogen and oxygen atoms in total. The van der Waals surface area contributed by atoms with E-state index in [-0.39, 0.29) is 18.4 Å². The number of amides is 1. The minimum absolute atomic E-state index is 0.0105. The van der Waals surface area contributed by atoms with Gasteiger partial charge < -0.3 is 10.4 Å². The van der Waals surface area contributed by atoms with Crippen molar-refractivity contribution in [3.63, 3.8) is 0 Å². The van der Waals surface area contributed by atoms with Gasteiger partial charge in [-0.25, -0.2) is 0 Å². The Morgan fingerprint density at radius 2 is 1.53 bits per heavy atom. The van der Waals surface area contributed by atoms with Crippen molar-refractivity contribution >= 4 is 11.9 Å². The summed E-state index contributed by atoms with van der Waals surface area (Å²) in [5.74, 6) is -1.33. The van der Waals surface area contributed by atoms with Crippen LogP contribution in [0.2, 0.25) is 0 Å². The van der Waals surface area contributed by atoms with Crippen molar-refractivity contribution < 1.29 is 14.7 Å². The Morgan fingerprint density at radius 3 is 1.87 bits per heavy atom. The lowest BCUT2D eigenvalue weighted by molar-refractivity contribution is -0.141. The number of hydrogen-bond donors (Lipinski definition) is 2. The molecule has 0 saturated carbocycles. The summed E-state index contributed by atoms with van der Waals surface area (Å²) in [7, 11) is 0. The molecule has 0 aliphatic rings. The molecule has 0 aliphatic heterocycles. The van der Waals surface area contributed by atoms with Gasteiger partial charge in [-0.2, -0.15) is 0 Å². The van der Waals surface area contributed by atoms with Crippen LogP contribution in [0.3, 0.4) is 0 Å². The van der Waals surface area contributed by atoms with Crippen LogP contribution in [0.25, 0.3) is 0 Å². The van der Waals surface area contributed by atoms with Crippen molar-refractivity contribution in [3.8, 4) is 0 Å². The summed E-state index contributed by atoms with van der Waals surface area (Å²) in [6.07, 6.45) is 2.14. The van der Waals surface area contributed by atoms with Crippen LogP contribution in [0, 0.1) is 11.8 Å². The molecule has 0 rings (SSSR count). The number of hydrogen-bond acceptors (Lipinski definition) is 2. The van der Waals surface area contributed by atoms with Crippen LogP contribution in [-0.4, -0.2) is 23.5 Å². The fourth-order valence-corrected chi connectivity index (χ4v) is 1.43. The molecule has 15 heavy (non-hydrogen) atoms. The highest BCUT2D eigenvalue weighted by atomic mass is 16.4. The summed E-state index contributed by atoms with van der Waals surface area (Å²) >= 11 is 0. The van der Waals surface area contributed by atoms with E-state index >= 15 is 0 Å². The molecule has 0 aromatic carbocycles. The molecule has 0 aliphatic carbocycles. The van der Waals surface area contributed by atoms with Gasteiger partial charge in [0.2, 0.25) is 5.91 Å². The second-order valence-electron chi connectivity index (χ2n) is 3.70. The Labute approximate surface area is 91.1 Å². The van der Waals surface area contributed by atoms with Crippen LogP contribution < -0.4 is 5.32 Å². The second-order valence-corrected chi connectivity index (χ2v) is 3.70. The Bertz CT molecular complexity index is 212. The van der Waals surface area contributed by atoms with E-state index in [1.54, 1.807) is 0 Å². The molecule has 2 N–H and O–H groups in total. The summed E-state index contributed by atoms with van der Waals surface area (Å²) in [6.45, 7) is 5.97. The lowest BCUT2D eigenvalue weighted by Gasteiger charge is -2.15. The van der Waals surface area contributed by atoms with E-state index in [9.17, 15) is 9.59 Å². The molecule has 4 heteroatoms. The first-order valence-electron chi connectivity index (χ1n) is 5.57. The fourth-order valence-electron chi connectivity index (χ4n) is 1.43. The van der Waals surface area contributed by atoms with Gasteiger partial charge in [-0.1, -0.05) is 20.8 Å². The van der Waals surface area contributed by atoms with Crippen molar-refractivity contribution in [2.75, 3.05) is 6.54 Å². The molecule has 0 fully saturated rings. The summed E-state index contributed by atoms with van der Waals surface area (Å²) in [5, 5.41) is 11.5. The number of rotatable bonds is 7. The zero-order valence-corrected chi connectivity index (χ0v) is 9.75. The van der Waals surface area contributed by atoms with Gasteiger partial charge >= 0.3 is 5.97 Å². The van der Waals surface area contributed by atoms with Gasteiger partial charge in [0.1, 0.15) is 0 Å². The average molecular weight is 215 g/mol. The van der Waals surface area contributed by atoms with Crippen LogP contribution in [-0.2, 0) is 9.59 Å². The number of carboxylic acid groups (broad SMARTS) is 1. The lowest BCUT2D eigenvalue weighted by atomic mass is 10.0. The molecule has 0 heterocycles. The van der Waals surface area contributed by atoms with E-state index < -0.39 is 11.9 Å². The molecule has 1 amide bonds. The molecular weight excluding hydrogens is 194 g/mol. The fraction of sp³-hybridized carbons (Fsp3) is 0.818. The maximum absolute atomic E-state index is 11.5. The lowest BCUT2D eigenvalue weighted by Crippen LogP contribution is -2.36. The van der Waals surface area contributed by atoms with Crippen LogP contribution in [0.5, 0.6) is 0 Å². The first-order valence-corrected chi connectivity index (χ1v) is 5.57. The van der Waals surface area contributed by atoms with Crippen LogP contribution >= 0.6 is 0 Å². The van der Waals surface area contributed by atoms with Crippen LogP contribution in [0.1, 0.15) is 40.0 Å². The van der Waals surface area contributed by atoms with Gasteiger partial charge in [-0.05, 0) is 19.3 Å². The topological polar surface area (TPSA) is 66.4 Å². The van der Waals surface area contributed by atoms with Crippen LogP contribution in [0.4, 0.5) is 0 Å². The van der Waals surface area contributed by atoms with Gasteiger partial charge in [0.05, 0.1) is 5.92 Å². The summed E-state index contributed by atoms with van der Waals surface area (Å²) in [5.41, 5.74) is 0. The number of carbonyl (C=O) groups excluding carboxylic acids is 1. The van der Waals surface area contributed by atoms with E-state index in [1.807, 2.05) is 20.8 Å². The van der Waals surface area contributed by atoms with E-state index in [4.69, 9.17) is 5.11 Å². The zero-order valence-electron chi connectivity index (χ0n) is 9.75.